The number of hydrogen-bond acceptors (Lipinski definition) is 4. The van der Waals surface area contributed by atoms with Gasteiger partial charge in [0.05, 0.1) is 7.11 Å². The number of aromatic nitrogens is 2. The molecule has 4 nitrogen and oxygen atoms in total. The number of anilines is 2. The summed E-state index contributed by atoms with van der Waals surface area (Å²) in [5.74, 6) is -12.9. The van der Waals surface area contributed by atoms with Crippen molar-refractivity contribution in [2.75, 3.05) is 12.4 Å². The summed E-state index contributed by atoms with van der Waals surface area (Å²) in [7, 11) is 1.40. The van der Waals surface area contributed by atoms with Crippen molar-refractivity contribution < 1.29 is 35.5 Å². The lowest BCUT2D eigenvalue weighted by molar-refractivity contribution is 0.415. The average molecular weight is 427 g/mol. The fraction of sp³-hybridized carbons (Fsp3) is 0.0526. The van der Waals surface area contributed by atoms with E-state index in [9.17, 15) is 30.7 Å². The molecule has 0 saturated heterocycles. The molecule has 1 aromatic heterocycles. The van der Waals surface area contributed by atoms with Crippen LogP contribution in [0.5, 0.6) is 5.75 Å². The zero-order valence-corrected chi connectivity index (χ0v) is 14.8. The van der Waals surface area contributed by atoms with E-state index >= 15 is 0 Å². The van der Waals surface area contributed by atoms with Crippen LogP contribution in [0.25, 0.3) is 22.1 Å². The number of hydrogen-bond donors (Lipinski definition) is 1. The summed E-state index contributed by atoms with van der Waals surface area (Å²) in [4.78, 5) is 6.59. The number of methoxy groups -OCH3 is 1. The van der Waals surface area contributed by atoms with Crippen LogP contribution in [0.3, 0.4) is 0 Å². The zero-order valence-electron chi connectivity index (χ0n) is 14.8. The molecule has 1 heterocycles. The second kappa shape index (κ2) is 7.01. The van der Waals surface area contributed by atoms with Gasteiger partial charge in [-0.05, 0) is 24.3 Å². The molecule has 0 aliphatic carbocycles. The Balaban J connectivity index is 1.98. The van der Waals surface area contributed by atoms with Gasteiger partial charge in [0, 0.05) is 5.69 Å². The SMILES string of the molecule is COc1ccc(Nc2c(F)c(F)c3nc4c(F)c(F)c(F)c(F)c4nc3c2F)cc1. The minimum absolute atomic E-state index is 0.131. The van der Waals surface area contributed by atoms with Crippen molar-refractivity contribution in [1.29, 1.82) is 0 Å². The minimum Gasteiger partial charge on any atom is -0.497 e. The number of halogens is 7. The van der Waals surface area contributed by atoms with Gasteiger partial charge in [-0.3, -0.25) is 0 Å². The third-order valence-corrected chi connectivity index (χ3v) is 4.30. The molecular formula is C19H8F7N3O. The number of benzene rings is 3. The molecule has 0 saturated carbocycles. The molecule has 0 aliphatic rings. The van der Waals surface area contributed by atoms with E-state index in [0.29, 0.717) is 5.75 Å². The van der Waals surface area contributed by atoms with Crippen molar-refractivity contribution in [3.63, 3.8) is 0 Å². The lowest BCUT2D eigenvalue weighted by Gasteiger charge is -2.13. The highest BCUT2D eigenvalue weighted by Gasteiger charge is 2.27. The Morgan fingerprint density at radius 1 is 0.600 bits per heavy atom. The van der Waals surface area contributed by atoms with Gasteiger partial charge in [-0.2, -0.15) is 0 Å². The van der Waals surface area contributed by atoms with Gasteiger partial charge in [0.25, 0.3) is 0 Å². The molecule has 0 atom stereocenters. The molecule has 11 heteroatoms. The normalized spacial score (nSPS) is 11.3. The second-order valence-corrected chi connectivity index (χ2v) is 6.04. The third-order valence-electron chi connectivity index (χ3n) is 4.30. The molecule has 30 heavy (non-hydrogen) atoms. The van der Waals surface area contributed by atoms with E-state index in [2.05, 4.69) is 15.3 Å². The first-order valence-corrected chi connectivity index (χ1v) is 8.15. The lowest BCUT2D eigenvalue weighted by Crippen LogP contribution is -2.07. The van der Waals surface area contributed by atoms with E-state index in [1.165, 1.54) is 31.4 Å². The predicted octanol–water partition coefficient (Wildman–Crippen LogP) is 5.51. The number of rotatable bonds is 3. The fourth-order valence-corrected chi connectivity index (χ4v) is 2.81. The second-order valence-electron chi connectivity index (χ2n) is 6.04. The van der Waals surface area contributed by atoms with E-state index in [1.807, 2.05) is 0 Å². The van der Waals surface area contributed by atoms with Gasteiger partial charge >= 0.3 is 0 Å². The van der Waals surface area contributed by atoms with Gasteiger partial charge in [-0.15, -0.1) is 0 Å². The van der Waals surface area contributed by atoms with Crippen molar-refractivity contribution in [1.82, 2.24) is 9.97 Å². The number of nitrogens with one attached hydrogen (secondary N) is 1. The van der Waals surface area contributed by atoms with Crippen molar-refractivity contribution in [2.45, 2.75) is 0 Å². The predicted molar refractivity (Wildman–Crippen MR) is 93.0 cm³/mol. The molecule has 0 radical (unpaired) electrons. The maximum Gasteiger partial charge on any atom is 0.199 e. The quantitative estimate of drug-likeness (QED) is 0.203. The maximum atomic E-state index is 14.9. The average Bonchev–Trinajstić information content (AvgIpc) is 2.77. The molecule has 0 spiro atoms. The summed E-state index contributed by atoms with van der Waals surface area (Å²) in [5, 5.41) is 2.30. The van der Waals surface area contributed by atoms with E-state index in [4.69, 9.17) is 4.74 Å². The highest BCUT2D eigenvalue weighted by molar-refractivity contribution is 5.90. The zero-order chi connectivity index (χ0) is 21.7. The number of ether oxygens (including phenoxy) is 1. The van der Waals surface area contributed by atoms with Crippen LogP contribution < -0.4 is 10.1 Å². The Kier molecular flexibility index (Phi) is 4.60. The first-order chi connectivity index (χ1) is 14.2. The van der Waals surface area contributed by atoms with Gasteiger partial charge in [-0.1, -0.05) is 0 Å². The molecule has 4 aromatic rings. The summed E-state index contributed by atoms with van der Waals surface area (Å²) in [5.41, 5.74) is -5.40. The van der Waals surface area contributed by atoms with Gasteiger partial charge in [0.2, 0.25) is 0 Å². The third kappa shape index (κ3) is 2.85. The molecule has 1 N–H and O–H groups in total. The minimum atomic E-state index is -2.22. The smallest absolute Gasteiger partial charge is 0.199 e. The van der Waals surface area contributed by atoms with Crippen LogP contribution in [0, 0.1) is 40.7 Å². The molecule has 0 unspecified atom stereocenters. The molecule has 3 aromatic carbocycles. The van der Waals surface area contributed by atoms with Crippen molar-refractivity contribution >= 4 is 33.4 Å². The Labute approximate surface area is 162 Å². The molecular weight excluding hydrogens is 419 g/mol. The van der Waals surface area contributed by atoms with Crippen LogP contribution >= 0.6 is 0 Å². The first kappa shape index (κ1) is 19.7. The molecule has 0 aliphatic heterocycles. The molecule has 4 rings (SSSR count). The topological polar surface area (TPSA) is 47.0 Å². The highest BCUT2D eigenvalue weighted by Crippen LogP contribution is 2.34. The van der Waals surface area contributed by atoms with Gasteiger partial charge in [-0.25, -0.2) is 40.7 Å². The summed E-state index contributed by atoms with van der Waals surface area (Å²) in [6.07, 6.45) is 0. The summed E-state index contributed by atoms with van der Waals surface area (Å²) in [6.45, 7) is 0. The van der Waals surface area contributed by atoms with E-state index in [1.54, 1.807) is 0 Å². The fourth-order valence-electron chi connectivity index (χ4n) is 2.81. The summed E-state index contributed by atoms with van der Waals surface area (Å²) in [6, 6.07) is 5.66. The van der Waals surface area contributed by atoms with E-state index < -0.39 is 68.5 Å². The Hall–Kier alpha value is -3.63. The largest absolute Gasteiger partial charge is 0.497 e. The van der Waals surface area contributed by atoms with Crippen molar-refractivity contribution in [3.05, 3.63) is 65.0 Å². The van der Waals surface area contributed by atoms with Crippen LogP contribution in [0.4, 0.5) is 42.1 Å². The van der Waals surface area contributed by atoms with Crippen molar-refractivity contribution in [2.24, 2.45) is 0 Å². The summed E-state index contributed by atoms with van der Waals surface area (Å²) < 4.78 is 104. The van der Waals surface area contributed by atoms with Crippen LogP contribution in [0.1, 0.15) is 0 Å². The van der Waals surface area contributed by atoms with Gasteiger partial charge in [0.1, 0.15) is 33.5 Å². The van der Waals surface area contributed by atoms with Crippen LogP contribution in [-0.4, -0.2) is 17.1 Å². The molecule has 0 amide bonds. The molecule has 154 valence electrons. The van der Waals surface area contributed by atoms with Crippen LogP contribution in [-0.2, 0) is 0 Å². The maximum absolute atomic E-state index is 14.9. The van der Waals surface area contributed by atoms with Gasteiger partial charge < -0.3 is 10.1 Å². The van der Waals surface area contributed by atoms with Crippen LogP contribution in [0.15, 0.2) is 24.3 Å². The lowest BCUT2D eigenvalue weighted by atomic mass is 10.2. The van der Waals surface area contributed by atoms with Crippen LogP contribution in [0.2, 0.25) is 0 Å². The van der Waals surface area contributed by atoms with Crippen molar-refractivity contribution in [3.8, 4) is 5.75 Å². The molecule has 0 fully saturated rings. The standard InChI is InChI=1S/C19H8F7N3O/c1-30-7-4-2-6(3-5-7)27-15-12(24)13(25)18-19(14(15)26)29-17-11(23)9(21)8(20)10(22)16(17)28-18/h2-5,27H,1H3. The van der Waals surface area contributed by atoms with Gasteiger partial charge in [0.15, 0.2) is 40.7 Å². The highest BCUT2D eigenvalue weighted by atomic mass is 19.2. The Bertz CT molecular complexity index is 1330. The number of nitrogens with zero attached hydrogens (tertiary/aromatic N) is 2. The monoisotopic (exact) mass is 427 g/mol. The van der Waals surface area contributed by atoms with E-state index in [-0.39, 0.29) is 5.69 Å². The molecule has 0 bridgehead atoms. The van der Waals surface area contributed by atoms with E-state index in [0.717, 1.165) is 0 Å². The first-order valence-electron chi connectivity index (χ1n) is 8.15. The summed E-state index contributed by atoms with van der Waals surface area (Å²) >= 11 is 0. The number of fused-ring (bicyclic) bond motifs is 2. The Morgan fingerprint density at radius 3 is 1.50 bits per heavy atom. The Morgan fingerprint density at radius 2 is 1.03 bits per heavy atom.